The van der Waals surface area contributed by atoms with Gasteiger partial charge in [0.1, 0.15) is 0 Å². The van der Waals surface area contributed by atoms with E-state index in [1.807, 2.05) is 0 Å². The number of urea groups is 1. The Kier molecular flexibility index (Phi) is 5.44. The van der Waals surface area contributed by atoms with Crippen LogP contribution < -0.4 is 14.8 Å². The van der Waals surface area contributed by atoms with Gasteiger partial charge in [0.25, 0.3) is 0 Å². The molecule has 0 spiro atoms. The van der Waals surface area contributed by atoms with Gasteiger partial charge in [0.15, 0.2) is 5.82 Å². The zero-order valence-electron chi connectivity index (χ0n) is 13.3. The van der Waals surface area contributed by atoms with Crippen molar-refractivity contribution in [3.63, 3.8) is 0 Å². The zero-order chi connectivity index (χ0) is 17.0. The van der Waals surface area contributed by atoms with E-state index >= 15 is 0 Å². The van der Waals surface area contributed by atoms with Crippen molar-refractivity contribution < 1.29 is 22.7 Å². The Morgan fingerprint density at radius 3 is 2.91 bits per heavy atom. The van der Waals surface area contributed by atoms with Gasteiger partial charge in [0, 0.05) is 26.2 Å². The molecule has 11 heteroatoms. The Balaban J connectivity index is 2.02. The van der Waals surface area contributed by atoms with E-state index in [0.717, 1.165) is 6.26 Å². The predicted octanol–water partition coefficient (Wildman–Crippen LogP) is -0.789. The third kappa shape index (κ3) is 4.81. The van der Waals surface area contributed by atoms with Gasteiger partial charge in [0.05, 0.1) is 32.6 Å². The highest BCUT2D eigenvalue weighted by Gasteiger charge is 2.28. The number of hydrogen-bond donors (Lipinski definition) is 2. The lowest BCUT2D eigenvalue weighted by atomic mass is 10.2. The summed E-state index contributed by atoms with van der Waals surface area (Å²) in [6.07, 6.45) is 1.07. The van der Waals surface area contributed by atoms with Crippen molar-refractivity contribution in [1.82, 2.24) is 19.4 Å². The number of hydrogen-bond acceptors (Lipinski definition) is 6. The summed E-state index contributed by atoms with van der Waals surface area (Å²) in [7, 11) is -0.125. The van der Waals surface area contributed by atoms with Gasteiger partial charge < -0.3 is 14.4 Å². The molecule has 0 bridgehead atoms. The summed E-state index contributed by atoms with van der Waals surface area (Å²) in [6, 6.07) is 0.848. The molecule has 1 aromatic heterocycles. The van der Waals surface area contributed by atoms with Crippen LogP contribution in [0.5, 0.6) is 5.88 Å². The fourth-order valence-corrected chi connectivity index (χ4v) is 2.72. The van der Waals surface area contributed by atoms with Crippen LogP contribution in [0, 0.1) is 0 Å². The highest BCUT2D eigenvalue weighted by molar-refractivity contribution is 7.88. The van der Waals surface area contributed by atoms with Crippen LogP contribution >= 0.6 is 0 Å². The number of ether oxygens (including phenoxy) is 2. The number of aromatic nitrogens is 2. The number of nitrogens with one attached hydrogen (secondary N) is 2. The number of methoxy groups -OCH3 is 1. The standard InChI is InChI=1S/C12H21N5O5S/c1-16-11(21-2)6-10(15-16)14-12(18)17-4-5-22-8-9(17)7-13-23(3,19)20/h6,9,13H,4-5,7-8H2,1-3H3,(H,14,15,18). The summed E-state index contributed by atoms with van der Waals surface area (Å²) in [5, 5.41) is 6.79. The Hall–Kier alpha value is -1.85. The summed E-state index contributed by atoms with van der Waals surface area (Å²) in [5.41, 5.74) is 0. The van der Waals surface area contributed by atoms with E-state index in [1.165, 1.54) is 16.7 Å². The van der Waals surface area contributed by atoms with Crippen molar-refractivity contribution >= 4 is 21.9 Å². The normalized spacial score (nSPS) is 18.7. The maximum absolute atomic E-state index is 12.4. The number of rotatable bonds is 5. The summed E-state index contributed by atoms with van der Waals surface area (Å²) in [6.45, 7) is 1.12. The molecule has 1 atom stereocenters. The van der Waals surface area contributed by atoms with Gasteiger partial charge in [-0.3, -0.25) is 5.32 Å². The molecule has 130 valence electrons. The average molecular weight is 347 g/mol. The Labute approximate surface area is 134 Å². The summed E-state index contributed by atoms with van der Waals surface area (Å²) in [5.74, 6) is 0.869. The quantitative estimate of drug-likeness (QED) is 0.721. The molecule has 10 nitrogen and oxygen atoms in total. The molecule has 0 aliphatic carbocycles. The van der Waals surface area contributed by atoms with Crippen molar-refractivity contribution in [1.29, 1.82) is 0 Å². The second kappa shape index (κ2) is 7.15. The molecule has 1 saturated heterocycles. The van der Waals surface area contributed by atoms with Crippen molar-refractivity contribution in [2.24, 2.45) is 7.05 Å². The predicted molar refractivity (Wildman–Crippen MR) is 82.9 cm³/mol. The molecule has 2 rings (SSSR count). The minimum Gasteiger partial charge on any atom is -0.481 e. The van der Waals surface area contributed by atoms with Gasteiger partial charge in [-0.25, -0.2) is 22.6 Å². The van der Waals surface area contributed by atoms with E-state index in [9.17, 15) is 13.2 Å². The molecule has 1 aromatic rings. The molecule has 1 fully saturated rings. The molecule has 2 amide bonds. The van der Waals surface area contributed by atoms with Gasteiger partial charge >= 0.3 is 6.03 Å². The first-order chi connectivity index (χ1) is 10.8. The lowest BCUT2D eigenvalue weighted by Gasteiger charge is -2.35. The lowest BCUT2D eigenvalue weighted by molar-refractivity contribution is 0.0176. The highest BCUT2D eigenvalue weighted by Crippen LogP contribution is 2.16. The maximum Gasteiger partial charge on any atom is 0.323 e. The van der Waals surface area contributed by atoms with Crippen LogP contribution in [0.25, 0.3) is 0 Å². The van der Waals surface area contributed by atoms with Gasteiger partial charge in [-0.15, -0.1) is 0 Å². The smallest absolute Gasteiger partial charge is 0.323 e. The molecule has 2 N–H and O–H groups in total. The molecule has 2 heterocycles. The number of carbonyl (C=O) groups is 1. The second-order valence-corrected chi connectivity index (χ2v) is 7.00. The topological polar surface area (TPSA) is 115 Å². The van der Waals surface area contributed by atoms with Crippen LogP contribution in [0.15, 0.2) is 6.07 Å². The second-order valence-electron chi connectivity index (χ2n) is 5.17. The van der Waals surface area contributed by atoms with Crippen LogP contribution in [0.4, 0.5) is 10.6 Å². The number of sulfonamides is 1. The number of amides is 2. The molecule has 0 saturated carbocycles. The molecule has 0 radical (unpaired) electrons. The van der Waals surface area contributed by atoms with E-state index in [-0.39, 0.29) is 25.2 Å². The molecule has 23 heavy (non-hydrogen) atoms. The number of morpholine rings is 1. The van der Waals surface area contributed by atoms with Crippen LogP contribution in [0.3, 0.4) is 0 Å². The number of anilines is 1. The Morgan fingerprint density at radius 2 is 2.30 bits per heavy atom. The van der Waals surface area contributed by atoms with Crippen LogP contribution in [-0.2, 0) is 21.8 Å². The molecule has 1 unspecified atom stereocenters. The van der Waals surface area contributed by atoms with E-state index in [4.69, 9.17) is 9.47 Å². The first-order valence-electron chi connectivity index (χ1n) is 6.98. The molecular formula is C12H21N5O5S. The third-order valence-electron chi connectivity index (χ3n) is 3.35. The van der Waals surface area contributed by atoms with Crippen molar-refractivity contribution in [2.45, 2.75) is 6.04 Å². The van der Waals surface area contributed by atoms with Gasteiger partial charge in [0.2, 0.25) is 15.9 Å². The first kappa shape index (κ1) is 17.5. The zero-order valence-corrected chi connectivity index (χ0v) is 14.1. The van der Waals surface area contributed by atoms with E-state index in [0.29, 0.717) is 24.8 Å². The van der Waals surface area contributed by atoms with Crippen LogP contribution in [0.1, 0.15) is 0 Å². The molecular weight excluding hydrogens is 326 g/mol. The summed E-state index contributed by atoms with van der Waals surface area (Å²) < 4.78 is 36.7. The SMILES string of the molecule is COc1cc(NC(=O)N2CCOCC2CNS(C)(=O)=O)nn1C. The fraction of sp³-hybridized carbons (Fsp3) is 0.667. The maximum atomic E-state index is 12.4. The minimum absolute atomic E-state index is 0.0950. The Morgan fingerprint density at radius 1 is 1.57 bits per heavy atom. The van der Waals surface area contributed by atoms with Crippen molar-refractivity contribution in [2.75, 3.05) is 45.0 Å². The monoisotopic (exact) mass is 347 g/mol. The third-order valence-corrected chi connectivity index (χ3v) is 4.04. The minimum atomic E-state index is -3.33. The largest absolute Gasteiger partial charge is 0.481 e. The molecule has 1 aliphatic heterocycles. The fourth-order valence-electron chi connectivity index (χ4n) is 2.22. The van der Waals surface area contributed by atoms with Gasteiger partial charge in [-0.2, -0.15) is 5.10 Å². The van der Waals surface area contributed by atoms with E-state index in [2.05, 4.69) is 15.1 Å². The number of aryl methyl sites for hydroxylation is 1. The average Bonchev–Trinajstić information content (AvgIpc) is 2.84. The van der Waals surface area contributed by atoms with E-state index in [1.54, 1.807) is 13.1 Å². The van der Waals surface area contributed by atoms with Crippen LogP contribution in [0.2, 0.25) is 0 Å². The highest BCUT2D eigenvalue weighted by atomic mass is 32.2. The molecule has 0 aromatic carbocycles. The summed E-state index contributed by atoms with van der Waals surface area (Å²) in [4.78, 5) is 13.9. The molecule has 1 aliphatic rings. The van der Waals surface area contributed by atoms with Gasteiger partial charge in [-0.05, 0) is 0 Å². The summed E-state index contributed by atoms with van der Waals surface area (Å²) >= 11 is 0. The Bertz CT molecular complexity index is 659. The number of carbonyl (C=O) groups excluding carboxylic acids is 1. The van der Waals surface area contributed by atoms with E-state index < -0.39 is 10.0 Å². The van der Waals surface area contributed by atoms with Crippen LogP contribution in [-0.4, -0.2) is 74.8 Å². The van der Waals surface area contributed by atoms with Crippen molar-refractivity contribution in [3.8, 4) is 5.88 Å². The first-order valence-corrected chi connectivity index (χ1v) is 8.87. The van der Waals surface area contributed by atoms with Gasteiger partial charge in [-0.1, -0.05) is 0 Å². The number of nitrogens with zero attached hydrogens (tertiary/aromatic N) is 3. The lowest BCUT2D eigenvalue weighted by Crippen LogP contribution is -2.54. The van der Waals surface area contributed by atoms with Crippen molar-refractivity contribution in [3.05, 3.63) is 6.07 Å².